The monoisotopic (exact) mass is 390 g/mol. The van der Waals surface area contributed by atoms with Crippen LogP contribution in [0, 0.1) is 0 Å². The number of alkyl halides is 6. The smallest absolute Gasteiger partial charge is 0.427 e. The number of rotatable bonds is 4. The molecule has 2 rings (SSSR count). The average Bonchev–Trinajstić information content (AvgIpc) is 2.60. The normalized spacial score (nSPS) is 14.3. The van der Waals surface area contributed by atoms with E-state index >= 15 is 0 Å². The van der Waals surface area contributed by atoms with Crippen LogP contribution in [0.4, 0.5) is 26.3 Å². The minimum atomic E-state index is -5.38. The van der Waals surface area contributed by atoms with Gasteiger partial charge in [-0.15, -0.1) is 0 Å². The number of pyridine rings is 1. The number of carbonyl (C=O) groups excluding carboxylic acids is 1. The number of hydrogen-bond donors (Lipinski definition) is 1. The minimum Gasteiger partial charge on any atom is -0.427 e. The molecule has 27 heavy (non-hydrogen) atoms. The SMILES string of the molecule is C=Cc1cccnc1C(N)(OC(=O)C(F)(F)F)c1ccc(C(F)(F)F)cc1. The van der Waals surface area contributed by atoms with Crippen molar-refractivity contribution >= 4 is 12.0 Å². The number of carbonyl (C=O) groups is 1. The van der Waals surface area contributed by atoms with Gasteiger partial charge in [-0.3, -0.25) is 10.7 Å². The lowest BCUT2D eigenvalue weighted by molar-refractivity contribution is -0.211. The van der Waals surface area contributed by atoms with Gasteiger partial charge < -0.3 is 4.74 Å². The van der Waals surface area contributed by atoms with E-state index in [0.29, 0.717) is 12.1 Å². The number of hydrogen-bond acceptors (Lipinski definition) is 4. The number of ether oxygens (including phenoxy) is 1. The van der Waals surface area contributed by atoms with Crippen molar-refractivity contribution in [3.05, 3.63) is 71.6 Å². The lowest BCUT2D eigenvalue weighted by Crippen LogP contribution is -2.47. The van der Waals surface area contributed by atoms with E-state index in [2.05, 4.69) is 16.3 Å². The third-order valence-electron chi connectivity index (χ3n) is 3.54. The summed E-state index contributed by atoms with van der Waals surface area (Å²) in [6.07, 6.45) is -7.67. The molecule has 0 aliphatic rings. The average molecular weight is 390 g/mol. The molecule has 0 amide bonds. The van der Waals surface area contributed by atoms with Crippen molar-refractivity contribution in [1.82, 2.24) is 4.98 Å². The molecule has 1 heterocycles. The molecule has 1 atom stereocenters. The van der Waals surface area contributed by atoms with Gasteiger partial charge in [-0.25, -0.2) is 4.79 Å². The number of esters is 1. The predicted octanol–water partition coefficient (Wildman–Crippen LogP) is 4.01. The van der Waals surface area contributed by atoms with Crippen LogP contribution in [-0.4, -0.2) is 17.1 Å². The molecular formula is C17H12F6N2O2. The van der Waals surface area contributed by atoms with E-state index in [4.69, 9.17) is 5.73 Å². The molecule has 0 radical (unpaired) electrons. The standard InChI is InChI=1S/C17H12F6N2O2/c1-2-10-4-3-9-25-13(10)15(24,27-14(26)17(21,22)23)11-5-7-12(8-6-11)16(18,19)20/h2-9H,1,24H2. The van der Waals surface area contributed by atoms with Crippen molar-refractivity contribution < 1.29 is 35.9 Å². The fourth-order valence-corrected chi connectivity index (χ4v) is 2.25. The third kappa shape index (κ3) is 4.27. The highest BCUT2D eigenvalue weighted by Crippen LogP contribution is 2.35. The lowest BCUT2D eigenvalue weighted by Gasteiger charge is -2.30. The third-order valence-corrected chi connectivity index (χ3v) is 3.54. The fraction of sp³-hybridized carbons (Fsp3) is 0.176. The second-order valence-electron chi connectivity index (χ2n) is 5.34. The van der Waals surface area contributed by atoms with Crippen LogP contribution in [0.5, 0.6) is 0 Å². The first kappa shape index (κ1) is 20.4. The van der Waals surface area contributed by atoms with Crippen LogP contribution in [0.1, 0.15) is 22.4 Å². The highest BCUT2D eigenvalue weighted by Gasteiger charge is 2.48. The Balaban J connectivity index is 2.63. The van der Waals surface area contributed by atoms with Gasteiger partial charge in [-0.2, -0.15) is 26.3 Å². The van der Waals surface area contributed by atoms with Crippen LogP contribution < -0.4 is 5.73 Å². The van der Waals surface area contributed by atoms with Gasteiger partial charge in [0, 0.05) is 17.3 Å². The predicted molar refractivity (Wildman–Crippen MR) is 82.9 cm³/mol. The molecule has 2 aromatic rings. The van der Waals surface area contributed by atoms with Gasteiger partial charge in [-0.05, 0) is 18.2 Å². The number of nitrogens with zero attached hydrogens (tertiary/aromatic N) is 1. The highest BCUT2D eigenvalue weighted by atomic mass is 19.4. The molecule has 0 saturated carbocycles. The van der Waals surface area contributed by atoms with Gasteiger partial charge in [0.1, 0.15) is 5.69 Å². The summed E-state index contributed by atoms with van der Waals surface area (Å²) < 4.78 is 80.7. The van der Waals surface area contributed by atoms with E-state index in [1.807, 2.05) is 0 Å². The van der Waals surface area contributed by atoms with Crippen LogP contribution in [0.3, 0.4) is 0 Å². The second kappa shape index (κ2) is 7.03. The molecule has 0 saturated heterocycles. The number of halogens is 6. The second-order valence-corrected chi connectivity index (χ2v) is 5.34. The first-order valence-corrected chi connectivity index (χ1v) is 7.24. The Bertz CT molecular complexity index is 846. The molecule has 0 spiro atoms. The maximum atomic E-state index is 12.7. The summed E-state index contributed by atoms with van der Waals surface area (Å²) in [6, 6.07) is 5.66. The van der Waals surface area contributed by atoms with Crippen LogP contribution in [-0.2, 0) is 21.4 Å². The van der Waals surface area contributed by atoms with Gasteiger partial charge >= 0.3 is 18.3 Å². The highest BCUT2D eigenvalue weighted by molar-refractivity contribution is 5.76. The Morgan fingerprint density at radius 1 is 1.04 bits per heavy atom. The maximum Gasteiger partial charge on any atom is 0.491 e. The van der Waals surface area contributed by atoms with Crippen LogP contribution >= 0.6 is 0 Å². The van der Waals surface area contributed by atoms with E-state index < -0.39 is 29.6 Å². The number of benzene rings is 1. The van der Waals surface area contributed by atoms with Crippen molar-refractivity contribution in [1.29, 1.82) is 0 Å². The first-order valence-electron chi connectivity index (χ1n) is 7.24. The zero-order valence-corrected chi connectivity index (χ0v) is 13.4. The fourth-order valence-electron chi connectivity index (χ4n) is 2.25. The number of nitrogens with two attached hydrogens (primary N) is 1. The lowest BCUT2D eigenvalue weighted by atomic mass is 9.94. The van der Waals surface area contributed by atoms with Crippen LogP contribution in [0.15, 0.2) is 49.2 Å². The maximum absolute atomic E-state index is 12.7. The molecule has 1 aromatic heterocycles. The van der Waals surface area contributed by atoms with E-state index in [-0.39, 0.29) is 16.8 Å². The van der Waals surface area contributed by atoms with Crippen molar-refractivity contribution in [3.8, 4) is 0 Å². The molecule has 0 aliphatic heterocycles. The summed E-state index contributed by atoms with van der Waals surface area (Å²) in [5.41, 5.74) is 1.76. The topological polar surface area (TPSA) is 65.2 Å². The van der Waals surface area contributed by atoms with Gasteiger partial charge in [0.15, 0.2) is 0 Å². The van der Waals surface area contributed by atoms with Gasteiger partial charge in [0.2, 0.25) is 5.72 Å². The van der Waals surface area contributed by atoms with Crippen LogP contribution in [0.25, 0.3) is 6.08 Å². The van der Waals surface area contributed by atoms with E-state index in [9.17, 15) is 31.1 Å². The van der Waals surface area contributed by atoms with Gasteiger partial charge in [0.25, 0.3) is 0 Å². The van der Waals surface area contributed by atoms with Crippen molar-refractivity contribution in [2.75, 3.05) is 0 Å². The quantitative estimate of drug-likeness (QED) is 0.487. The van der Waals surface area contributed by atoms with Crippen LogP contribution in [0.2, 0.25) is 0 Å². The molecule has 4 nitrogen and oxygen atoms in total. The molecule has 0 bridgehead atoms. The molecule has 2 N–H and O–H groups in total. The minimum absolute atomic E-state index is 0.134. The Kier molecular flexibility index (Phi) is 5.32. The van der Waals surface area contributed by atoms with Crippen molar-refractivity contribution in [3.63, 3.8) is 0 Å². The molecule has 1 aromatic carbocycles. The molecular weight excluding hydrogens is 378 g/mol. The zero-order chi connectivity index (χ0) is 20.5. The number of aromatic nitrogens is 1. The Morgan fingerprint density at radius 3 is 2.07 bits per heavy atom. The summed E-state index contributed by atoms with van der Waals surface area (Å²) in [5.74, 6) is -2.62. The van der Waals surface area contributed by atoms with Gasteiger partial charge in [-0.1, -0.05) is 30.9 Å². The molecule has 1 unspecified atom stereocenters. The summed E-state index contributed by atoms with van der Waals surface area (Å²) in [4.78, 5) is 15.2. The zero-order valence-electron chi connectivity index (χ0n) is 13.4. The molecule has 10 heteroatoms. The molecule has 0 aliphatic carbocycles. The Labute approximate surface area is 149 Å². The summed E-state index contributed by atoms with van der Waals surface area (Å²) >= 11 is 0. The van der Waals surface area contributed by atoms with Crippen molar-refractivity contribution in [2.45, 2.75) is 18.1 Å². The molecule has 144 valence electrons. The largest absolute Gasteiger partial charge is 0.491 e. The van der Waals surface area contributed by atoms with Gasteiger partial charge in [0.05, 0.1) is 5.56 Å². The van der Waals surface area contributed by atoms with E-state index in [1.54, 1.807) is 0 Å². The van der Waals surface area contributed by atoms with E-state index in [1.165, 1.54) is 24.4 Å². The first-order chi connectivity index (χ1) is 12.4. The van der Waals surface area contributed by atoms with Crippen molar-refractivity contribution in [2.24, 2.45) is 5.73 Å². The van der Waals surface area contributed by atoms with E-state index in [0.717, 1.165) is 12.1 Å². The molecule has 0 fully saturated rings. The summed E-state index contributed by atoms with van der Waals surface area (Å²) in [5, 5.41) is 0. The Hall–Kier alpha value is -2.88. The summed E-state index contributed by atoms with van der Waals surface area (Å²) in [6.45, 7) is 3.47. The Morgan fingerprint density at radius 2 is 1.59 bits per heavy atom. The summed E-state index contributed by atoms with van der Waals surface area (Å²) in [7, 11) is 0.